The third-order valence-electron chi connectivity index (χ3n) is 2.43. The van der Waals surface area contributed by atoms with Crippen LogP contribution in [0, 0.1) is 11.8 Å². The molecule has 2 aromatic heterocycles. The van der Waals surface area contributed by atoms with Gasteiger partial charge in [-0.25, -0.2) is 0 Å². The van der Waals surface area contributed by atoms with Gasteiger partial charge in [0.2, 0.25) is 0 Å². The molecule has 1 unspecified atom stereocenters. The predicted octanol–water partition coefficient (Wildman–Crippen LogP) is -0.604. The Bertz CT molecular complexity index is 641. The van der Waals surface area contributed by atoms with Gasteiger partial charge in [0.05, 0.1) is 18.2 Å². The molecule has 8 heteroatoms. The van der Waals surface area contributed by atoms with Crippen LogP contribution in [0.2, 0.25) is 0 Å². The molecule has 2 rings (SSSR count). The van der Waals surface area contributed by atoms with Gasteiger partial charge in [0.1, 0.15) is 0 Å². The summed E-state index contributed by atoms with van der Waals surface area (Å²) in [6.45, 7) is 2.01. The number of hydrogen-bond donors (Lipinski definition) is 3. The zero-order chi connectivity index (χ0) is 14.4. The van der Waals surface area contributed by atoms with E-state index in [0.29, 0.717) is 17.0 Å². The van der Waals surface area contributed by atoms with Crippen molar-refractivity contribution in [3.8, 4) is 11.8 Å². The van der Waals surface area contributed by atoms with Crippen LogP contribution in [0.1, 0.15) is 34.7 Å². The molecule has 8 nitrogen and oxygen atoms in total. The monoisotopic (exact) mass is 271 g/mol. The van der Waals surface area contributed by atoms with E-state index in [-0.39, 0.29) is 18.5 Å². The molecule has 20 heavy (non-hydrogen) atoms. The van der Waals surface area contributed by atoms with E-state index in [1.807, 2.05) is 0 Å². The molecular formula is C12H13N7O. The number of nitrogens with zero attached hydrogens (tertiary/aromatic N) is 4. The molecule has 0 saturated carbocycles. The first-order valence-electron chi connectivity index (χ1n) is 5.89. The molecule has 2 heterocycles. The minimum absolute atomic E-state index is 0.255. The van der Waals surface area contributed by atoms with Gasteiger partial charge in [0, 0.05) is 18.0 Å². The van der Waals surface area contributed by atoms with E-state index in [2.05, 4.69) is 42.8 Å². The Morgan fingerprint density at radius 1 is 1.55 bits per heavy atom. The number of aromatic amines is 1. The number of tetrazole rings is 1. The summed E-state index contributed by atoms with van der Waals surface area (Å²) < 4.78 is 0. The second-order valence-electron chi connectivity index (χ2n) is 3.93. The molecule has 0 aliphatic heterocycles. The lowest BCUT2D eigenvalue weighted by molar-refractivity contribution is 0.0938. The number of rotatable bonds is 3. The number of carbonyl (C=O) groups excluding carboxylic acids is 1. The van der Waals surface area contributed by atoms with Crippen molar-refractivity contribution in [3.63, 3.8) is 0 Å². The zero-order valence-corrected chi connectivity index (χ0v) is 10.8. The highest BCUT2D eigenvalue weighted by Crippen LogP contribution is 2.07. The first kappa shape index (κ1) is 13.6. The standard InChI is InChI=1S/C12H13N7O/c1-8(11-16-18-19-17-11)15-12(20)10-5-9(3-2-4-13)6-14-7-10/h5-8H,4,13H2,1H3,(H,15,20)(H,16,17,18,19). The Balaban J connectivity index is 2.09. The van der Waals surface area contributed by atoms with Crippen molar-refractivity contribution in [2.24, 2.45) is 5.73 Å². The summed E-state index contributed by atoms with van der Waals surface area (Å²) in [5, 5.41) is 16.1. The van der Waals surface area contributed by atoms with Gasteiger partial charge in [0.15, 0.2) is 5.82 Å². The summed E-state index contributed by atoms with van der Waals surface area (Å²) in [4.78, 5) is 16.0. The van der Waals surface area contributed by atoms with E-state index in [1.165, 1.54) is 6.20 Å². The normalized spacial score (nSPS) is 11.3. The molecule has 2 aromatic rings. The number of nitrogens with two attached hydrogens (primary N) is 1. The van der Waals surface area contributed by atoms with Gasteiger partial charge in [-0.2, -0.15) is 5.21 Å². The third kappa shape index (κ3) is 3.37. The highest BCUT2D eigenvalue weighted by atomic mass is 16.1. The van der Waals surface area contributed by atoms with Gasteiger partial charge >= 0.3 is 0 Å². The number of nitrogens with one attached hydrogen (secondary N) is 2. The summed E-state index contributed by atoms with van der Waals surface area (Å²) in [6.07, 6.45) is 3.04. The summed E-state index contributed by atoms with van der Waals surface area (Å²) in [5.74, 6) is 5.65. The van der Waals surface area contributed by atoms with E-state index in [0.717, 1.165) is 0 Å². The van der Waals surface area contributed by atoms with Crippen LogP contribution < -0.4 is 11.1 Å². The van der Waals surface area contributed by atoms with Crippen LogP contribution >= 0.6 is 0 Å². The Morgan fingerprint density at radius 2 is 2.40 bits per heavy atom. The lowest BCUT2D eigenvalue weighted by atomic mass is 10.2. The molecular weight excluding hydrogens is 258 g/mol. The van der Waals surface area contributed by atoms with E-state index >= 15 is 0 Å². The van der Waals surface area contributed by atoms with Crippen molar-refractivity contribution in [1.82, 2.24) is 30.9 Å². The van der Waals surface area contributed by atoms with Gasteiger partial charge in [-0.1, -0.05) is 17.1 Å². The van der Waals surface area contributed by atoms with Gasteiger partial charge in [-0.05, 0) is 13.0 Å². The maximum absolute atomic E-state index is 12.1. The van der Waals surface area contributed by atoms with Crippen LogP contribution in [-0.4, -0.2) is 38.1 Å². The molecule has 102 valence electrons. The number of aromatic nitrogens is 5. The Labute approximate surface area is 115 Å². The van der Waals surface area contributed by atoms with E-state index < -0.39 is 0 Å². The molecule has 0 bridgehead atoms. The summed E-state index contributed by atoms with van der Waals surface area (Å²) in [5.41, 5.74) is 6.34. The maximum Gasteiger partial charge on any atom is 0.253 e. The van der Waals surface area contributed by atoms with Crippen LogP contribution in [-0.2, 0) is 0 Å². The fourth-order valence-corrected chi connectivity index (χ4v) is 1.48. The first-order chi connectivity index (χ1) is 9.70. The zero-order valence-electron chi connectivity index (χ0n) is 10.8. The van der Waals surface area contributed by atoms with Crippen LogP contribution in [0.4, 0.5) is 0 Å². The minimum atomic E-state index is -0.361. The van der Waals surface area contributed by atoms with Gasteiger partial charge in [-0.3, -0.25) is 9.78 Å². The maximum atomic E-state index is 12.1. The fourth-order valence-electron chi connectivity index (χ4n) is 1.48. The van der Waals surface area contributed by atoms with Crippen molar-refractivity contribution in [1.29, 1.82) is 0 Å². The molecule has 0 aliphatic carbocycles. The topological polar surface area (TPSA) is 122 Å². The van der Waals surface area contributed by atoms with Crippen LogP contribution in [0.3, 0.4) is 0 Å². The molecule has 4 N–H and O–H groups in total. The second-order valence-corrected chi connectivity index (χ2v) is 3.93. The summed E-state index contributed by atoms with van der Waals surface area (Å²) in [7, 11) is 0. The van der Waals surface area contributed by atoms with Crippen molar-refractivity contribution < 1.29 is 4.79 Å². The van der Waals surface area contributed by atoms with Gasteiger partial charge in [0.25, 0.3) is 5.91 Å². The Hall–Kier alpha value is -2.79. The molecule has 0 aliphatic rings. The second kappa shape index (κ2) is 6.40. The highest BCUT2D eigenvalue weighted by molar-refractivity contribution is 5.94. The number of H-pyrrole nitrogens is 1. The molecule has 1 amide bonds. The summed E-state index contributed by atoms with van der Waals surface area (Å²) in [6, 6.07) is 1.29. The number of amides is 1. The molecule has 0 radical (unpaired) electrons. The largest absolute Gasteiger partial charge is 0.342 e. The molecule has 1 atom stereocenters. The predicted molar refractivity (Wildman–Crippen MR) is 70.2 cm³/mol. The van der Waals surface area contributed by atoms with E-state index in [4.69, 9.17) is 5.73 Å². The summed E-state index contributed by atoms with van der Waals surface area (Å²) >= 11 is 0. The van der Waals surface area contributed by atoms with Crippen LogP contribution in [0.25, 0.3) is 0 Å². The average molecular weight is 271 g/mol. The van der Waals surface area contributed by atoms with Crippen LogP contribution in [0.15, 0.2) is 18.5 Å². The van der Waals surface area contributed by atoms with Crippen LogP contribution in [0.5, 0.6) is 0 Å². The minimum Gasteiger partial charge on any atom is -0.342 e. The van der Waals surface area contributed by atoms with Gasteiger partial charge in [-0.15, -0.1) is 10.2 Å². The van der Waals surface area contributed by atoms with Crippen molar-refractivity contribution >= 4 is 5.91 Å². The number of hydrogen-bond acceptors (Lipinski definition) is 6. The SMILES string of the molecule is CC(NC(=O)c1cncc(C#CCN)c1)c1nn[nH]n1. The smallest absolute Gasteiger partial charge is 0.253 e. The van der Waals surface area contributed by atoms with E-state index in [1.54, 1.807) is 19.2 Å². The van der Waals surface area contributed by atoms with Crippen molar-refractivity contribution in [3.05, 3.63) is 35.4 Å². The average Bonchev–Trinajstić information content (AvgIpc) is 2.99. The quantitative estimate of drug-likeness (QED) is 0.640. The number of carbonyl (C=O) groups is 1. The molecule has 0 fully saturated rings. The van der Waals surface area contributed by atoms with Crippen molar-refractivity contribution in [2.45, 2.75) is 13.0 Å². The molecule has 0 spiro atoms. The van der Waals surface area contributed by atoms with E-state index in [9.17, 15) is 4.79 Å². The highest BCUT2D eigenvalue weighted by Gasteiger charge is 2.15. The lowest BCUT2D eigenvalue weighted by Gasteiger charge is -2.09. The van der Waals surface area contributed by atoms with Gasteiger partial charge < -0.3 is 11.1 Å². The molecule has 0 saturated heterocycles. The Kier molecular flexibility index (Phi) is 4.36. The lowest BCUT2D eigenvalue weighted by Crippen LogP contribution is -2.27. The Morgan fingerprint density at radius 3 is 3.10 bits per heavy atom. The third-order valence-corrected chi connectivity index (χ3v) is 2.43. The first-order valence-corrected chi connectivity index (χ1v) is 5.89. The van der Waals surface area contributed by atoms with Crippen molar-refractivity contribution in [2.75, 3.05) is 6.54 Å². The molecule has 0 aromatic carbocycles. The number of pyridine rings is 1. The fraction of sp³-hybridized carbons (Fsp3) is 0.250.